The van der Waals surface area contributed by atoms with Crippen molar-refractivity contribution >= 4 is 6.01 Å². The molecule has 1 aromatic rings. The number of nitrogens with zero attached hydrogens (tertiary/aromatic N) is 2. The molecule has 1 aromatic heterocycles. The van der Waals surface area contributed by atoms with E-state index in [-0.39, 0.29) is 6.01 Å². The van der Waals surface area contributed by atoms with Crippen molar-refractivity contribution in [2.24, 2.45) is 0 Å². The molecule has 2 N–H and O–H groups in total. The van der Waals surface area contributed by atoms with Gasteiger partial charge in [-0.1, -0.05) is 5.16 Å². The van der Waals surface area contributed by atoms with Crippen LogP contribution in [0.5, 0.6) is 0 Å². The van der Waals surface area contributed by atoms with Crippen molar-refractivity contribution in [2.45, 2.75) is 18.4 Å². The van der Waals surface area contributed by atoms with Crippen LogP contribution in [0, 0.1) is 0 Å². The molecule has 0 aromatic carbocycles. The van der Waals surface area contributed by atoms with Gasteiger partial charge in [0.2, 0.25) is 5.82 Å². The first-order valence-electron chi connectivity index (χ1n) is 4.49. The molecule has 1 aliphatic heterocycles. The van der Waals surface area contributed by atoms with Crippen LogP contribution >= 0.6 is 0 Å². The highest BCUT2D eigenvalue weighted by Crippen LogP contribution is 2.33. The Labute approximate surface area is 81.4 Å². The average molecular weight is 199 g/mol. The number of nitrogens with two attached hydrogens (primary N) is 1. The van der Waals surface area contributed by atoms with Crippen molar-refractivity contribution in [2.75, 3.05) is 26.1 Å². The van der Waals surface area contributed by atoms with Gasteiger partial charge in [0.15, 0.2) is 0 Å². The second-order valence-corrected chi connectivity index (χ2v) is 3.27. The molecule has 6 heteroatoms. The standard InChI is InChI=1S/C8H13N3O3/c1-12-8(2-4-13-5-3-8)6-10-7(9)14-11-6/h2-5H2,1H3,(H2,9,10,11). The Hall–Kier alpha value is -1.14. The lowest BCUT2D eigenvalue weighted by molar-refractivity contribution is -0.101. The third-order valence-electron chi connectivity index (χ3n) is 2.54. The molecule has 6 nitrogen and oxygen atoms in total. The van der Waals surface area contributed by atoms with Gasteiger partial charge in [-0.15, -0.1) is 0 Å². The molecule has 0 amide bonds. The summed E-state index contributed by atoms with van der Waals surface area (Å²) in [7, 11) is 1.64. The van der Waals surface area contributed by atoms with Crippen molar-refractivity contribution in [1.82, 2.24) is 10.1 Å². The average Bonchev–Trinajstić information content (AvgIpc) is 2.66. The molecule has 0 radical (unpaired) electrons. The summed E-state index contributed by atoms with van der Waals surface area (Å²) in [4.78, 5) is 4.00. The SMILES string of the molecule is COC1(c2noc(N)n2)CCOCC1. The van der Waals surface area contributed by atoms with Gasteiger partial charge in [-0.25, -0.2) is 0 Å². The Morgan fingerprint density at radius 3 is 2.64 bits per heavy atom. The zero-order chi connectivity index (χ0) is 10.0. The molecule has 1 saturated heterocycles. The first kappa shape index (κ1) is 9.42. The van der Waals surface area contributed by atoms with Gasteiger partial charge in [0.1, 0.15) is 5.60 Å². The smallest absolute Gasteiger partial charge is 0.318 e. The van der Waals surface area contributed by atoms with Gasteiger partial charge in [0, 0.05) is 33.2 Å². The highest BCUT2D eigenvalue weighted by molar-refractivity contribution is 5.12. The van der Waals surface area contributed by atoms with Crippen molar-refractivity contribution in [3.05, 3.63) is 5.82 Å². The van der Waals surface area contributed by atoms with Crippen LogP contribution in [-0.2, 0) is 15.1 Å². The highest BCUT2D eigenvalue weighted by atomic mass is 16.5. The van der Waals surface area contributed by atoms with Crippen LogP contribution in [0.1, 0.15) is 18.7 Å². The van der Waals surface area contributed by atoms with Gasteiger partial charge in [0.05, 0.1) is 0 Å². The molecule has 0 saturated carbocycles. The minimum atomic E-state index is -0.487. The monoisotopic (exact) mass is 199 g/mol. The summed E-state index contributed by atoms with van der Waals surface area (Å²) in [6.07, 6.45) is 1.45. The van der Waals surface area contributed by atoms with E-state index in [2.05, 4.69) is 10.1 Å². The summed E-state index contributed by atoms with van der Waals surface area (Å²) >= 11 is 0. The predicted molar refractivity (Wildman–Crippen MR) is 47.5 cm³/mol. The molecule has 0 aliphatic carbocycles. The molecular formula is C8H13N3O3. The van der Waals surface area contributed by atoms with Crippen LogP contribution in [0.4, 0.5) is 6.01 Å². The number of anilines is 1. The zero-order valence-electron chi connectivity index (χ0n) is 8.02. The van der Waals surface area contributed by atoms with Crippen molar-refractivity contribution < 1.29 is 14.0 Å². The lowest BCUT2D eigenvalue weighted by Crippen LogP contribution is -2.36. The number of hydrogen-bond donors (Lipinski definition) is 1. The van der Waals surface area contributed by atoms with E-state index in [4.69, 9.17) is 19.7 Å². The van der Waals surface area contributed by atoms with Crippen LogP contribution in [0.2, 0.25) is 0 Å². The molecule has 1 fully saturated rings. The Bertz CT molecular complexity index is 307. The third kappa shape index (κ3) is 1.46. The maximum atomic E-state index is 5.46. The fourth-order valence-corrected chi connectivity index (χ4v) is 1.64. The van der Waals surface area contributed by atoms with Crippen LogP contribution in [0.3, 0.4) is 0 Å². The molecule has 0 spiro atoms. The van der Waals surface area contributed by atoms with Crippen molar-refractivity contribution in [3.8, 4) is 0 Å². The van der Waals surface area contributed by atoms with Gasteiger partial charge in [-0.2, -0.15) is 4.98 Å². The second kappa shape index (κ2) is 3.55. The van der Waals surface area contributed by atoms with E-state index < -0.39 is 5.60 Å². The first-order chi connectivity index (χ1) is 6.77. The van der Waals surface area contributed by atoms with Crippen LogP contribution in [0.25, 0.3) is 0 Å². The molecule has 78 valence electrons. The summed E-state index contributed by atoms with van der Waals surface area (Å²) in [6.45, 7) is 1.28. The number of ether oxygens (including phenoxy) is 2. The fourth-order valence-electron chi connectivity index (χ4n) is 1.64. The number of methoxy groups -OCH3 is 1. The quantitative estimate of drug-likeness (QED) is 0.737. The van der Waals surface area contributed by atoms with Gasteiger partial charge in [-0.3, -0.25) is 0 Å². The second-order valence-electron chi connectivity index (χ2n) is 3.27. The fraction of sp³-hybridized carbons (Fsp3) is 0.750. The van der Waals surface area contributed by atoms with Gasteiger partial charge in [0.25, 0.3) is 0 Å². The summed E-state index contributed by atoms with van der Waals surface area (Å²) in [5.41, 5.74) is 4.89. The third-order valence-corrected chi connectivity index (χ3v) is 2.54. The van der Waals surface area contributed by atoms with Crippen molar-refractivity contribution in [1.29, 1.82) is 0 Å². The van der Waals surface area contributed by atoms with E-state index in [1.807, 2.05) is 0 Å². The van der Waals surface area contributed by atoms with E-state index in [0.717, 1.165) is 12.8 Å². The van der Waals surface area contributed by atoms with E-state index >= 15 is 0 Å². The maximum absolute atomic E-state index is 5.46. The van der Waals surface area contributed by atoms with Gasteiger partial charge < -0.3 is 19.7 Å². The maximum Gasteiger partial charge on any atom is 0.318 e. The first-order valence-corrected chi connectivity index (χ1v) is 4.49. The summed E-state index contributed by atoms with van der Waals surface area (Å²) in [6, 6.07) is 0.0721. The Morgan fingerprint density at radius 1 is 1.43 bits per heavy atom. The Kier molecular flexibility index (Phi) is 2.39. The molecule has 14 heavy (non-hydrogen) atoms. The van der Waals surface area contributed by atoms with Gasteiger partial charge >= 0.3 is 6.01 Å². The van der Waals surface area contributed by atoms with E-state index in [9.17, 15) is 0 Å². The zero-order valence-corrected chi connectivity index (χ0v) is 8.02. The van der Waals surface area contributed by atoms with Crippen LogP contribution < -0.4 is 5.73 Å². The summed E-state index contributed by atoms with van der Waals surface area (Å²) in [5, 5.41) is 3.79. The van der Waals surface area contributed by atoms with E-state index in [1.165, 1.54) is 0 Å². The lowest BCUT2D eigenvalue weighted by Gasteiger charge is -2.32. The largest absolute Gasteiger partial charge is 0.381 e. The number of aromatic nitrogens is 2. The molecule has 2 rings (SSSR count). The van der Waals surface area contributed by atoms with E-state index in [0.29, 0.717) is 19.0 Å². The van der Waals surface area contributed by atoms with Crippen LogP contribution in [-0.4, -0.2) is 30.5 Å². The minimum absolute atomic E-state index is 0.0721. The Morgan fingerprint density at radius 2 is 2.14 bits per heavy atom. The van der Waals surface area contributed by atoms with Crippen LogP contribution in [0.15, 0.2) is 4.52 Å². The van der Waals surface area contributed by atoms with E-state index in [1.54, 1.807) is 7.11 Å². The topological polar surface area (TPSA) is 83.4 Å². The lowest BCUT2D eigenvalue weighted by atomic mass is 9.93. The molecule has 2 heterocycles. The van der Waals surface area contributed by atoms with Gasteiger partial charge in [-0.05, 0) is 0 Å². The molecule has 1 aliphatic rings. The number of hydrogen-bond acceptors (Lipinski definition) is 6. The minimum Gasteiger partial charge on any atom is -0.381 e. The summed E-state index contributed by atoms with van der Waals surface area (Å²) < 4.78 is 15.5. The Balaban J connectivity index is 2.26. The predicted octanol–water partition coefficient (Wildman–Crippen LogP) is 0.304. The van der Waals surface area contributed by atoms with Crippen molar-refractivity contribution in [3.63, 3.8) is 0 Å². The number of rotatable bonds is 2. The molecule has 0 atom stereocenters. The molecule has 0 unspecified atom stereocenters. The molecule has 0 bridgehead atoms. The normalized spacial score (nSPS) is 20.9. The number of nitrogen functional groups attached to an aromatic ring is 1. The summed E-state index contributed by atoms with van der Waals surface area (Å²) in [5.74, 6) is 0.515. The highest BCUT2D eigenvalue weighted by Gasteiger charge is 2.38. The molecular weight excluding hydrogens is 186 g/mol.